The van der Waals surface area contributed by atoms with Crippen molar-refractivity contribution < 1.29 is 9.66 Å². The van der Waals surface area contributed by atoms with E-state index < -0.39 is 4.92 Å². The number of nitrogens with one attached hydrogen (secondary N) is 1. The van der Waals surface area contributed by atoms with E-state index in [4.69, 9.17) is 4.74 Å². The molecule has 1 aromatic heterocycles. The first-order valence-electron chi connectivity index (χ1n) is 4.99. The van der Waals surface area contributed by atoms with Crippen molar-refractivity contribution in [3.8, 4) is 0 Å². The molecule has 1 unspecified atom stereocenters. The third kappa shape index (κ3) is 3.82. The minimum absolute atomic E-state index is 0.00454. The Morgan fingerprint density at radius 1 is 1.62 bits per heavy atom. The first kappa shape index (κ1) is 12.4. The first-order chi connectivity index (χ1) is 7.63. The van der Waals surface area contributed by atoms with Crippen molar-refractivity contribution in [1.82, 2.24) is 4.98 Å². The van der Waals surface area contributed by atoms with Crippen molar-refractivity contribution in [3.05, 3.63) is 28.4 Å². The fourth-order valence-corrected chi connectivity index (χ4v) is 1.20. The molecule has 1 rings (SSSR count). The molecule has 0 aromatic carbocycles. The van der Waals surface area contributed by atoms with Gasteiger partial charge in [-0.1, -0.05) is 0 Å². The number of aromatic nitrogens is 1. The topological polar surface area (TPSA) is 77.3 Å². The van der Waals surface area contributed by atoms with Crippen LogP contribution in [-0.4, -0.2) is 29.7 Å². The van der Waals surface area contributed by atoms with Gasteiger partial charge in [-0.3, -0.25) is 10.1 Å². The molecule has 16 heavy (non-hydrogen) atoms. The predicted molar refractivity (Wildman–Crippen MR) is 60.5 cm³/mol. The Morgan fingerprint density at radius 3 is 2.88 bits per heavy atom. The molecule has 0 aliphatic heterocycles. The van der Waals surface area contributed by atoms with E-state index in [1.165, 1.54) is 12.3 Å². The van der Waals surface area contributed by atoms with Crippen LogP contribution in [0.15, 0.2) is 18.3 Å². The average molecular weight is 225 g/mol. The Bertz CT molecular complexity index is 340. The van der Waals surface area contributed by atoms with Crippen LogP contribution in [-0.2, 0) is 4.74 Å². The molecule has 0 spiro atoms. The summed E-state index contributed by atoms with van der Waals surface area (Å²) in [7, 11) is 1.65. The lowest BCUT2D eigenvalue weighted by atomic mass is 10.2. The van der Waals surface area contributed by atoms with E-state index in [-0.39, 0.29) is 11.7 Å². The second-order valence-corrected chi connectivity index (χ2v) is 3.49. The molecule has 1 N–H and O–H groups in total. The molecule has 6 nitrogen and oxygen atoms in total. The number of nitrogens with zero attached hydrogens (tertiary/aromatic N) is 2. The van der Waals surface area contributed by atoms with Gasteiger partial charge in [0, 0.05) is 25.8 Å². The van der Waals surface area contributed by atoms with Crippen molar-refractivity contribution in [2.45, 2.75) is 19.4 Å². The van der Waals surface area contributed by atoms with Gasteiger partial charge in [-0.15, -0.1) is 0 Å². The van der Waals surface area contributed by atoms with E-state index >= 15 is 0 Å². The quantitative estimate of drug-likeness (QED) is 0.590. The Morgan fingerprint density at radius 2 is 2.38 bits per heavy atom. The van der Waals surface area contributed by atoms with Crippen molar-refractivity contribution in [1.29, 1.82) is 0 Å². The molecule has 6 heteroatoms. The van der Waals surface area contributed by atoms with Crippen molar-refractivity contribution in [3.63, 3.8) is 0 Å². The highest BCUT2D eigenvalue weighted by Crippen LogP contribution is 2.12. The summed E-state index contributed by atoms with van der Waals surface area (Å²) >= 11 is 0. The fourth-order valence-electron chi connectivity index (χ4n) is 1.20. The molecule has 1 heterocycles. The normalized spacial score (nSPS) is 12.1. The van der Waals surface area contributed by atoms with Gasteiger partial charge in [-0.2, -0.15) is 0 Å². The van der Waals surface area contributed by atoms with Gasteiger partial charge < -0.3 is 10.1 Å². The maximum Gasteiger partial charge on any atom is 0.287 e. The van der Waals surface area contributed by atoms with Crippen molar-refractivity contribution in [2.24, 2.45) is 0 Å². The van der Waals surface area contributed by atoms with E-state index in [0.717, 1.165) is 6.42 Å². The third-order valence-corrected chi connectivity index (χ3v) is 2.11. The minimum Gasteiger partial charge on any atom is -0.385 e. The van der Waals surface area contributed by atoms with Gasteiger partial charge in [-0.05, 0) is 19.4 Å². The molecule has 0 bridgehead atoms. The van der Waals surface area contributed by atoms with Gasteiger partial charge in [-0.25, -0.2) is 4.98 Å². The zero-order chi connectivity index (χ0) is 12.0. The summed E-state index contributed by atoms with van der Waals surface area (Å²) in [6.45, 7) is 2.67. The molecular formula is C10H15N3O3. The first-order valence-corrected chi connectivity index (χ1v) is 4.99. The highest BCUT2D eigenvalue weighted by atomic mass is 16.6. The zero-order valence-electron chi connectivity index (χ0n) is 9.34. The Kier molecular flexibility index (Phi) is 4.65. The summed E-state index contributed by atoms with van der Waals surface area (Å²) in [6, 6.07) is 3.24. The second kappa shape index (κ2) is 6.02. The Balaban J connectivity index is 2.51. The Labute approximate surface area is 93.8 Å². The largest absolute Gasteiger partial charge is 0.385 e. The number of ether oxygens (including phenoxy) is 1. The predicted octanol–water partition coefficient (Wildman–Crippen LogP) is 1.83. The molecule has 1 aromatic rings. The highest BCUT2D eigenvalue weighted by molar-refractivity contribution is 5.40. The number of hydrogen-bond donors (Lipinski definition) is 1. The summed E-state index contributed by atoms with van der Waals surface area (Å²) in [5.41, 5.74) is -0.00454. The minimum atomic E-state index is -0.467. The molecule has 88 valence electrons. The van der Waals surface area contributed by atoms with E-state index in [2.05, 4.69) is 10.3 Å². The lowest BCUT2D eigenvalue weighted by molar-refractivity contribution is -0.385. The summed E-state index contributed by atoms with van der Waals surface area (Å²) in [6.07, 6.45) is 2.10. The number of methoxy groups -OCH3 is 1. The third-order valence-electron chi connectivity index (χ3n) is 2.11. The molecule has 0 amide bonds. The molecule has 0 saturated carbocycles. The average Bonchev–Trinajstić information content (AvgIpc) is 2.27. The van der Waals surface area contributed by atoms with Crippen molar-refractivity contribution >= 4 is 11.5 Å². The van der Waals surface area contributed by atoms with E-state index in [1.807, 2.05) is 6.92 Å². The summed E-state index contributed by atoms with van der Waals surface area (Å²) in [5.74, 6) is 0.634. The molecule has 1 atom stereocenters. The van der Waals surface area contributed by atoms with E-state index in [9.17, 15) is 10.1 Å². The van der Waals surface area contributed by atoms with Crippen LogP contribution in [0, 0.1) is 10.1 Å². The fraction of sp³-hybridized carbons (Fsp3) is 0.500. The molecular weight excluding hydrogens is 210 g/mol. The van der Waals surface area contributed by atoms with Gasteiger partial charge in [0.1, 0.15) is 12.0 Å². The molecule has 0 aliphatic carbocycles. The van der Waals surface area contributed by atoms with Crippen LogP contribution in [0.2, 0.25) is 0 Å². The number of anilines is 1. The van der Waals surface area contributed by atoms with Crippen LogP contribution < -0.4 is 5.32 Å². The summed E-state index contributed by atoms with van der Waals surface area (Å²) < 4.78 is 4.95. The zero-order valence-corrected chi connectivity index (χ0v) is 9.34. The van der Waals surface area contributed by atoms with Crippen LogP contribution >= 0.6 is 0 Å². The van der Waals surface area contributed by atoms with E-state index in [1.54, 1.807) is 13.2 Å². The summed E-state index contributed by atoms with van der Waals surface area (Å²) in [4.78, 5) is 13.9. The maximum atomic E-state index is 10.4. The number of rotatable bonds is 6. The standard InChI is InChI=1S/C10H15N3O3/c1-8(5-6-16-2)12-10-4-3-9(7-11-10)13(14)15/h3-4,7-8H,5-6H2,1-2H3,(H,11,12). The monoisotopic (exact) mass is 225 g/mol. The number of hydrogen-bond acceptors (Lipinski definition) is 5. The van der Waals surface area contributed by atoms with Gasteiger partial charge in [0.05, 0.1) is 4.92 Å². The number of nitro groups is 1. The highest BCUT2D eigenvalue weighted by Gasteiger charge is 2.06. The van der Waals surface area contributed by atoms with Gasteiger partial charge in [0.25, 0.3) is 5.69 Å². The maximum absolute atomic E-state index is 10.4. The molecule has 0 fully saturated rings. The molecule has 0 radical (unpaired) electrons. The second-order valence-electron chi connectivity index (χ2n) is 3.49. The van der Waals surface area contributed by atoms with E-state index in [0.29, 0.717) is 12.4 Å². The smallest absolute Gasteiger partial charge is 0.287 e. The summed E-state index contributed by atoms with van der Waals surface area (Å²) in [5, 5.41) is 13.5. The van der Waals surface area contributed by atoms with Gasteiger partial charge >= 0.3 is 0 Å². The molecule has 0 saturated heterocycles. The lowest BCUT2D eigenvalue weighted by Crippen LogP contribution is -2.17. The molecule has 0 aliphatic rings. The van der Waals surface area contributed by atoms with Crippen LogP contribution in [0.3, 0.4) is 0 Å². The van der Waals surface area contributed by atoms with Crippen LogP contribution in [0.4, 0.5) is 11.5 Å². The van der Waals surface area contributed by atoms with Crippen LogP contribution in [0.25, 0.3) is 0 Å². The van der Waals surface area contributed by atoms with Crippen molar-refractivity contribution in [2.75, 3.05) is 19.0 Å². The van der Waals surface area contributed by atoms with Crippen LogP contribution in [0.1, 0.15) is 13.3 Å². The SMILES string of the molecule is COCCC(C)Nc1ccc([N+](=O)[O-])cn1. The lowest BCUT2D eigenvalue weighted by Gasteiger charge is -2.13. The van der Waals surface area contributed by atoms with Crippen LogP contribution in [0.5, 0.6) is 0 Å². The number of pyridine rings is 1. The Hall–Kier alpha value is -1.69. The van der Waals surface area contributed by atoms with Gasteiger partial charge in [0.2, 0.25) is 0 Å². The van der Waals surface area contributed by atoms with Gasteiger partial charge in [0.15, 0.2) is 0 Å².